The van der Waals surface area contributed by atoms with E-state index in [2.05, 4.69) is 5.73 Å². The Bertz CT molecular complexity index is 726. The molecule has 1 atom stereocenters. The van der Waals surface area contributed by atoms with Gasteiger partial charge in [0, 0.05) is 0 Å². The molecule has 3 nitrogen and oxygen atoms in total. The van der Waals surface area contributed by atoms with Crippen molar-refractivity contribution in [1.29, 1.82) is 0 Å². The molecule has 2 rings (SSSR count). The normalized spacial score (nSPS) is 13.8. The van der Waals surface area contributed by atoms with Crippen molar-refractivity contribution in [2.75, 3.05) is 6.54 Å². The highest BCUT2D eigenvalue weighted by molar-refractivity contribution is 7.91. The van der Waals surface area contributed by atoms with Crippen molar-refractivity contribution < 1.29 is 27.3 Å². The highest BCUT2D eigenvalue weighted by Crippen LogP contribution is 2.32. The standard InChI is InChI=1S/C15H14F3NO2S/c16-15(17,18)12-8-6-11(7-9-12)14(10-19)22(20,21)13-4-2-1-3-5-13/h1-9,14H,10,19H2/p+1/t14-/m0/s1. The monoisotopic (exact) mass is 330 g/mol. The van der Waals surface area contributed by atoms with Crippen LogP contribution in [-0.4, -0.2) is 15.0 Å². The van der Waals surface area contributed by atoms with Gasteiger partial charge in [-0.1, -0.05) is 30.3 Å². The van der Waals surface area contributed by atoms with E-state index in [0.717, 1.165) is 12.1 Å². The zero-order valence-corrected chi connectivity index (χ0v) is 12.4. The van der Waals surface area contributed by atoms with Crippen LogP contribution in [0.4, 0.5) is 13.2 Å². The Morgan fingerprint density at radius 3 is 1.95 bits per heavy atom. The fourth-order valence-electron chi connectivity index (χ4n) is 2.16. The molecule has 0 aliphatic carbocycles. The summed E-state index contributed by atoms with van der Waals surface area (Å²) in [6.45, 7) is 0.0303. The summed E-state index contributed by atoms with van der Waals surface area (Å²) < 4.78 is 62.9. The van der Waals surface area contributed by atoms with Gasteiger partial charge in [0.2, 0.25) is 0 Å². The molecule has 0 aromatic heterocycles. The van der Waals surface area contributed by atoms with E-state index in [0.29, 0.717) is 5.56 Å². The number of alkyl halides is 3. The van der Waals surface area contributed by atoms with Crippen molar-refractivity contribution in [1.82, 2.24) is 0 Å². The van der Waals surface area contributed by atoms with Crippen molar-refractivity contribution in [2.45, 2.75) is 16.3 Å². The molecule has 0 unspecified atom stereocenters. The molecule has 2 aromatic rings. The molecule has 0 amide bonds. The second-order valence-electron chi connectivity index (χ2n) is 4.76. The van der Waals surface area contributed by atoms with Crippen LogP contribution in [0.5, 0.6) is 0 Å². The van der Waals surface area contributed by atoms with Crippen molar-refractivity contribution in [3.8, 4) is 0 Å². The third kappa shape index (κ3) is 3.31. The second kappa shape index (κ2) is 6.10. The fourth-order valence-corrected chi connectivity index (χ4v) is 3.85. The van der Waals surface area contributed by atoms with Gasteiger partial charge in [0.05, 0.1) is 17.0 Å². The molecule has 0 fully saturated rings. The van der Waals surface area contributed by atoms with Crippen LogP contribution < -0.4 is 5.73 Å². The van der Waals surface area contributed by atoms with Crippen LogP contribution in [0.25, 0.3) is 0 Å². The SMILES string of the molecule is [NH3+]C[C@@H](c1ccc(C(F)(F)F)cc1)S(=O)(=O)c1ccccc1. The predicted molar refractivity (Wildman–Crippen MR) is 75.6 cm³/mol. The minimum atomic E-state index is -4.45. The molecule has 3 N–H and O–H groups in total. The molecule has 0 saturated carbocycles. The predicted octanol–water partition coefficient (Wildman–Crippen LogP) is 2.46. The van der Waals surface area contributed by atoms with Gasteiger partial charge < -0.3 is 5.73 Å². The number of quaternary nitrogens is 1. The summed E-state index contributed by atoms with van der Waals surface area (Å²) in [6.07, 6.45) is -4.45. The summed E-state index contributed by atoms with van der Waals surface area (Å²) >= 11 is 0. The number of halogens is 3. The van der Waals surface area contributed by atoms with Gasteiger partial charge in [-0.05, 0) is 29.8 Å². The van der Waals surface area contributed by atoms with E-state index in [1.807, 2.05) is 0 Å². The third-order valence-electron chi connectivity index (χ3n) is 3.32. The van der Waals surface area contributed by atoms with E-state index >= 15 is 0 Å². The van der Waals surface area contributed by atoms with Gasteiger partial charge in [-0.2, -0.15) is 13.2 Å². The molecule has 0 saturated heterocycles. The van der Waals surface area contributed by atoms with Crippen LogP contribution >= 0.6 is 0 Å². The Morgan fingerprint density at radius 2 is 1.50 bits per heavy atom. The quantitative estimate of drug-likeness (QED) is 0.936. The molecule has 7 heteroatoms. The maximum absolute atomic E-state index is 12.6. The van der Waals surface area contributed by atoms with Crippen LogP contribution in [0.15, 0.2) is 59.5 Å². The zero-order valence-electron chi connectivity index (χ0n) is 11.5. The van der Waals surface area contributed by atoms with E-state index in [1.54, 1.807) is 18.2 Å². The number of benzene rings is 2. The molecule has 2 aromatic carbocycles. The Hall–Kier alpha value is -1.86. The summed E-state index contributed by atoms with van der Waals surface area (Å²) in [7, 11) is -3.70. The van der Waals surface area contributed by atoms with Crippen LogP contribution in [0.2, 0.25) is 0 Å². The Kier molecular flexibility index (Phi) is 4.58. The van der Waals surface area contributed by atoms with Gasteiger partial charge in [-0.3, -0.25) is 0 Å². The molecular weight excluding hydrogens is 315 g/mol. The molecular formula is C15H15F3NO2S+. The van der Waals surface area contributed by atoms with Crippen molar-refractivity contribution in [3.63, 3.8) is 0 Å². The lowest BCUT2D eigenvalue weighted by atomic mass is 10.1. The molecule has 118 valence electrons. The summed E-state index contributed by atoms with van der Waals surface area (Å²) in [5, 5.41) is -0.975. The van der Waals surface area contributed by atoms with Gasteiger partial charge in [-0.25, -0.2) is 8.42 Å². The number of hydrogen-bond acceptors (Lipinski definition) is 2. The molecule has 0 aliphatic heterocycles. The van der Waals surface area contributed by atoms with Crippen molar-refractivity contribution in [2.24, 2.45) is 0 Å². The Morgan fingerprint density at radius 1 is 0.955 bits per heavy atom. The number of rotatable bonds is 4. The molecule has 22 heavy (non-hydrogen) atoms. The summed E-state index contributed by atoms with van der Waals surface area (Å²) in [5.74, 6) is 0. The third-order valence-corrected chi connectivity index (χ3v) is 5.50. The van der Waals surface area contributed by atoms with Crippen LogP contribution in [-0.2, 0) is 16.0 Å². The van der Waals surface area contributed by atoms with Gasteiger partial charge >= 0.3 is 6.18 Å². The smallest absolute Gasteiger partial charge is 0.356 e. The Balaban J connectivity index is 2.41. The van der Waals surface area contributed by atoms with E-state index in [4.69, 9.17) is 0 Å². The van der Waals surface area contributed by atoms with Gasteiger partial charge in [0.15, 0.2) is 9.84 Å². The maximum Gasteiger partial charge on any atom is 0.416 e. The van der Waals surface area contributed by atoms with Crippen molar-refractivity contribution in [3.05, 3.63) is 65.7 Å². The Labute approximate surface area is 126 Å². The van der Waals surface area contributed by atoms with Gasteiger partial charge in [0.1, 0.15) is 5.25 Å². The van der Waals surface area contributed by atoms with E-state index in [9.17, 15) is 21.6 Å². The van der Waals surface area contributed by atoms with Crippen LogP contribution in [0.1, 0.15) is 16.4 Å². The van der Waals surface area contributed by atoms with Crippen molar-refractivity contribution >= 4 is 9.84 Å². The summed E-state index contributed by atoms with van der Waals surface area (Å²) in [4.78, 5) is 0.128. The van der Waals surface area contributed by atoms with E-state index in [-0.39, 0.29) is 11.4 Å². The van der Waals surface area contributed by atoms with Gasteiger partial charge in [-0.15, -0.1) is 0 Å². The first-order valence-corrected chi connectivity index (χ1v) is 8.07. The number of hydrogen-bond donors (Lipinski definition) is 1. The van der Waals surface area contributed by atoms with E-state index < -0.39 is 26.8 Å². The average Bonchev–Trinajstić information content (AvgIpc) is 2.48. The molecule has 0 radical (unpaired) electrons. The zero-order chi connectivity index (χ0) is 16.4. The number of sulfone groups is 1. The summed E-state index contributed by atoms with van der Waals surface area (Å²) in [6, 6.07) is 12.0. The van der Waals surface area contributed by atoms with Gasteiger partial charge in [0.25, 0.3) is 0 Å². The molecule has 0 heterocycles. The first-order valence-electron chi connectivity index (χ1n) is 6.52. The lowest BCUT2D eigenvalue weighted by Crippen LogP contribution is -2.54. The lowest BCUT2D eigenvalue weighted by molar-refractivity contribution is -0.367. The first kappa shape index (κ1) is 16.5. The fraction of sp³-hybridized carbons (Fsp3) is 0.200. The highest BCUT2D eigenvalue weighted by atomic mass is 32.2. The average molecular weight is 330 g/mol. The second-order valence-corrected chi connectivity index (χ2v) is 6.89. The van der Waals surface area contributed by atoms with Crippen LogP contribution in [0, 0.1) is 0 Å². The molecule has 0 spiro atoms. The topological polar surface area (TPSA) is 61.8 Å². The first-order chi connectivity index (χ1) is 10.3. The largest absolute Gasteiger partial charge is 0.416 e. The highest BCUT2D eigenvalue weighted by Gasteiger charge is 2.33. The molecule has 0 aliphatic rings. The maximum atomic E-state index is 12.6. The minimum absolute atomic E-state index is 0.0303. The van der Waals surface area contributed by atoms with E-state index in [1.165, 1.54) is 24.3 Å². The summed E-state index contributed by atoms with van der Waals surface area (Å²) in [5.41, 5.74) is 3.11. The lowest BCUT2D eigenvalue weighted by Gasteiger charge is -2.15. The minimum Gasteiger partial charge on any atom is -0.356 e. The van der Waals surface area contributed by atoms with Crippen LogP contribution in [0.3, 0.4) is 0 Å². The molecule has 0 bridgehead atoms.